The summed E-state index contributed by atoms with van der Waals surface area (Å²) in [6.45, 7) is 7.33. The lowest BCUT2D eigenvalue weighted by Gasteiger charge is -2.27. The van der Waals surface area contributed by atoms with Crippen LogP contribution in [0.5, 0.6) is 0 Å². The summed E-state index contributed by atoms with van der Waals surface area (Å²) in [5, 5.41) is 10.4. The largest absolute Gasteiger partial charge is 0.388 e. The monoisotopic (exact) mass is 293 g/mol. The molecule has 1 N–H and O–H groups in total. The Morgan fingerprint density at radius 1 is 1.29 bits per heavy atom. The summed E-state index contributed by atoms with van der Waals surface area (Å²) in [5.41, 5.74) is 0.422. The Labute approximate surface area is 128 Å². The highest BCUT2D eigenvalue weighted by molar-refractivity contribution is 5.20. The van der Waals surface area contributed by atoms with E-state index in [1.54, 1.807) is 18.2 Å². The summed E-state index contributed by atoms with van der Waals surface area (Å²) in [5.74, 6) is 0.584. The molecule has 0 bridgehead atoms. The molecule has 3 heteroatoms. The smallest absolute Gasteiger partial charge is 0.129 e. The quantitative estimate of drug-likeness (QED) is 0.886. The number of halogens is 1. The molecular formula is C18H28FNO. The highest BCUT2D eigenvalue weighted by Gasteiger charge is 2.23. The maximum Gasteiger partial charge on any atom is 0.129 e. The van der Waals surface area contributed by atoms with Crippen LogP contribution in [-0.4, -0.2) is 29.6 Å². The van der Waals surface area contributed by atoms with E-state index in [4.69, 9.17) is 0 Å². The molecule has 1 aliphatic rings. The minimum atomic E-state index is -0.726. The number of rotatable bonds is 5. The number of aliphatic hydroxyl groups is 1. The summed E-state index contributed by atoms with van der Waals surface area (Å²) >= 11 is 0. The molecule has 0 spiro atoms. The van der Waals surface area contributed by atoms with Crippen LogP contribution in [0.3, 0.4) is 0 Å². The van der Waals surface area contributed by atoms with Crippen LogP contribution in [-0.2, 0) is 0 Å². The topological polar surface area (TPSA) is 23.5 Å². The van der Waals surface area contributed by atoms with Crippen molar-refractivity contribution in [2.75, 3.05) is 19.6 Å². The first kappa shape index (κ1) is 16.4. The molecule has 2 rings (SSSR count). The molecule has 0 aliphatic carbocycles. The van der Waals surface area contributed by atoms with Gasteiger partial charge in [-0.15, -0.1) is 0 Å². The summed E-state index contributed by atoms with van der Waals surface area (Å²) in [6.07, 6.45) is 4.34. The molecule has 1 aromatic rings. The molecule has 0 saturated carbocycles. The molecule has 2 nitrogen and oxygen atoms in total. The Hall–Kier alpha value is -0.930. The third-order valence-corrected chi connectivity index (χ3v) is 4.83. The normalized spacial score (nSPS) is 23.5. The third-order valence-electron chi connectivity index (χ3n) is 4.83. The van der Waals surface area contributed by atoms with E-state index >= 15 is 0 Å². The summed E-state index contributed by atoms with van der Waals surface area (Å²) in [4.78, 5) is 2.43. The van der Waals surface area contributed by atoms with Gasteiger partial charge in [0.2, 0.25) is 0 Å². The van der Waals surface area contributed by atoms with Gasteiger partial charge in [-0.1, -0.05) is 38.5 Å². The van der Waals surface area contributed by atoms with E-state index in [2.05, 4.69) is 11.8 Å². The molecular weight excluding hydrogens is 265 g/mol. The van der Waals surface area contributed by atoms with Crippen LogP contribution in [0, 0.1) is 17.7 Å². The van der Waals surface area contributed by atoms with E-state index in [-0.39, 0.29) is 11.7 Å². The first-order valence-electron chi connectivity index (χ1n) is 8.26. The molecule has 3 atom stereocenters. The number of hydrogen-bond acceptors (Lipinski definition) is 2. The number of benzene rings is 1. The van der Waals surface area contributed by atoms with Gasteiger partial charge in [-0.25, -0.2) is 4.39 Å². The van der Waals surface area contributed by atoms with Crippen LogP contribution >= 0.6 is 0 Å². The summed E-state index contributed by atoms with van der Waals surface area (Å²) < 4.78 is 13.8. The SMILES string of the molecule is CCC1CCCN(CC(C)C(O)c2ccccc2F)CC1. The highest BCUT2D eigenvalue weighted by Crippen LogP contribution is 2.26. The van der Waals surface area contributed by atoms with Crippen molar-refractivity contribution in [2.45, 2.75) is 45.6 Å². The van der Waals surface area contributed by atoms with Gasteiger partial charge < -0.3 is 10.0 Å². The highest BCUT2D eigenvalue weighted by atomic mass is 19.1. The molecule has 0 radical (unpaired) electrons. The van der Waals surface area contributed by atoms with Gasteiger partial charge in [0.05, 0.1) is 6.10 Å². The van der Waals surface area contributed by atoms with E-state index in [0.29, 0.717) is 5.56 Å². The average molecular weight is 293 g/mol. The van der Waals surface area contributed by atoms with E-state index < -0.39 is 6.10 Å². The van der Waals surface area contributed by atoms with Crippen molar-refractivity contribution >= 4 is 0 Å². The second-order valence-corrected chi connectivity index (χ2v) is 6.45. The van der Waals surface area contributed by atoms with Crippen molar-refractivity contribution in [3.63, 3.8) is 0 Å². The predicted molar refractivity (Wildman–Crippen MR) is 84.6 cm³/mol. The fourth-order valence-electron chi connectivity index (χ4n) is 3.34. The van der Waals surface area contributed by atoms with Crippen molar-refractivity contribution in [1.82, 2.24) is 4.90 Å². The van der Waals surface area contributed by atoms with Gasteiger partial charge >= 0.3 is 0 Å². The van der Waals surface area contributed by atoms with E-state index in [0.717, 1.165) is 25.6 Å². The zero-order chi connectivity index (χ0) is 15.2. The standard InChI is InChI=1S/C18H28FNO/c1-3-15-7-6-11-20(12-10-15)13-14(2)18(21)16-8-4-5-9-17(16)19/h4-5,8-9,14-15,18,21H,3,6-7,10-13H2,1-2H3. The minimum absolute atomic E-state index is 0.0417. The molecule has 21 heavy (non-hydrogen) atoms. The van der Waals surface area contributed by atoms with Gasteiger partial charge in [-0.05, 0) is 50.3 Å². The fraction of sp³-hybridized carbons (Fsp3) is 0.667. The maximum absolute atomic E-state index is 13.8. The number of nitrogens with zero attached hydrogens (tertiary/aromatic N) is 1. The fourth-order valence-corrected chi connectivity index (χ4v) is 3.34. The predicted octanol–water partition coefficient (Wildman–Crippen LogP) is 4.01. The summed E-state index contributed by atoms with van der Waals surface area (Å²) in [7, 11) is 0. The molecule has 1 aliphatic heterocycles. The van der Waals surface area contributed by atoms with E-state index in [1.807, 2.05) is 6.92 Å². The Balaban J connectivity index is 1.91. The molecule has 3 unspecified atom stereocenters. The molecule has 118 valence electrons. The van der Waals surface area contributed by atoms with Crippen molar-refractivity contribution < 1.29 is 9.50 Å². The lowest BCUT2D eigenvalue weighted by molar-refractivity contribution is 0.0858. The zero-order valence-electron chi connectivity index (χ0n) is 13.3. The van der Waals surface area contributed by atoms with Crippen LogP contribution in [0.1, 0.15) is 51.2 Å². The number of likely N-dealkylation sites (tertiary alicyclic amines) is 1. The van der Waals surface area contributed by atoms with Crippen molar-refractivity contribution in [2.24, 2.45) is 11.8 Å². The lowest BCUT2D eigenvalue weighted by Crippen LogP contribution is -2.32. The number of aliphatic hydroxyl groups excluding tert-OH is 1. The second kappa shape index (κ2) is 7.90. The zero-order valence-corrected chi connectivity index (χ0v) is 13.3. The third kappa shape index (κ3) is 4.52. The Bertz CT molecular complexity index is 437. The molecule has 0 aromatic heterocycles. The lowest BCUT2D eigenvalue weighted by atomic mass is 9.96. The van der Waals surface area contributed by atoms with Crippen molar-refractivity contribution in [3.05, 3.63) is 35.6 Å². The van der Waals surface area contributed by atoms with Crippen LogP contribution in [0.4, 0.5) is 4.39 Å². The minimum Gasteiger partial charge on any atom is -0.388 e. The average Bonchev–Trinajstić information content (AvgIpc) is 2.72. The van der Waals surface area contributed by atoms with Gasteiger partial charge in [0, 0.05) is 12.1 Å². The van der Waals surface area contributed by atoms with Crippen LogP contribution < -0.4 is 0 Å². The molecule has 0 amide bonds. The molecule has 1 fully saturated rings. The van der Waals surface area contributed by atoms with Crippen molar-refractivity contribution in [1.29, 1.82) is 0 Å². The Morgan fingerprint density at radius 2 is 2.05 bits per heavy atom. The first-order chi connectivity index (χ1) is 10.1. The summed E-state index contributed by atoms with van der Waals surface area (Å²) in [6, 6.07) is 6.55. The van der Waals surface area contributed by atoms with Gasteiger partial charge in [0.1, 0.15) is 5.82 Å². The van der Waals surface area contributed by atoms with Crippen LogP contribution in [0.2, 0.25) is 0 Å². The number of hydrogen-bond donors (Lipinski definition) is 1. The van der Waals surface area contributed by atoms with Crippen LogP contribution in [0.25, 0.3) is 0 Å². The Morgan fingerprint density at radius 3 is 2.76 bits per heavy atom. The maximum atomic E-state index is 13.8. The van der Waals surface area contributed by atoms with E-state index in [1.165, 1.54) is 31.7 Å². The van der Waals surface area contributed by atoms with Crippen molar-refractivity contribution in [3.8, 4) is 0 Å². The van der Waals surface area contributed by atoms with Gasteiger partial charge in [-0.2, -0.15) is 0 Å². The first-order valence-corrected chi connectivity index (χ1v) is 8.26. The molecule has 1 heterocycles. The van der Waals surface area contributed by atoms with E-state index in [9.17, 15) is 9.50 Å². The van der Waals surface area contributed by atoms with Gasteiger partial charge in [-0.3, -0.25) is 0 Å². The molecule has 1 aromatic carbocycles. The van der Waals surface area contributed by atoms with Gasteiger partial charge in [0.15, 0.2) is 0 Å². The second-order valence-electron chi connectivity index (χ2n) is 6.45. The van der Waals surface area contributed by atoms with Gasteiger partial charge in [0.25, 0.3) is 0 Å². The molecule has 1 saturated heterocycles. The van der Waals surface area contributed by atoms with Crippen LogP contribution in [0.15, 0.2) is 24.3 Å². The Kier molecular flexibility index (Phi) is 6.19.